The number of hydrogen-bond acceptors (Lipinski definition) is 4. The Labute approximate surface area is 158 Å². The van der Waals surface area contributed by atoms with Crippen LogP contribution in [0.5, 0.6) is 0 Å². The van der Waals surface area contributed by atoms with Gasteiger partial charge in [0.05, 0.1) is 16.4 Å². The normalized spacial score (nSPS) is 11.9. The molecular formula is C19H16F3N3OS. The summed E-state index contributed by atoms with van der Waals surface area (Å²) < 4.78 is 40.0. The van der Waals surface area contributed by atoms with Gasteiger partial charge < -0.3 is 10.6 Å². The Balaban J connectivity index is 1.71. The summed E-state index contributed by atoms with van der Waals surface area (Å²) in [7, 11) is 0. The average molecular weight is 391 g/mol. The van der Waals surface area contributed by atoms with E-state index in [0.717, 1.165) is 28.4 Å². The lowest BCUT2D eigenvalue weighted by Crippen LogP contribution is -2.32. The van der Waals surface area contributed by atoms with Gasteiger partial charge in [-0.2, -0.15) is 0 Å². The number of carbonyl (C=O) groups is 1. The summed E-state index contributed by atoms with van der Waals surface area (Å²) in [5.41, 5.74) is 1.98. The number of nitrogens with one attached hydrogen (secondary N) is 2. The Kier molecular flexibility index (Phi) is 5.46. The number of carbonyl (C=O) groups excluding carboxylic acids is 1. The number of halogens is 3. The Morgan fingerprint density at radius 2 is 1.93 bits per heavy atom. The number of thiazole rings is 1. The van der Waals surface area contributed by atoms with Crippen LogP contribution in [-0.4, -0.2) is 16.9 Å². The number of aromatic nitrogens is 1. The minimum atomic E-state index is -1.63. The van der Waals surface area contributed by atoms with Gasteiger partial charge in [-0.25, -0.2) is 18.2 Å². The second-order valence-corrected chi connectivity index (χ2v) is 6.97. The lowest BCUT2D eigenvalue weighted by molar-refractivity contribution is -0.116. The first-order chi connectivity index (χ1) is 12.8. The first kappa shape index (κ1) is 18.9. The third-order valence-corrected chi connectivity index (χ3v) is 4.62. The molecule has 0 aliphatic heterocycles. The zero-order valence-corrected chi connectivity index (χ0v) is 15.3. The molecule has 0 fully saturated rings. The monoisotopic (exact) mass is 391 g/mol. The smallest absolute Gasteiger partial charge is 0.246 e. The zero-order valence-electron chi connectivity index (χ0n) is 14.5. The first-order valence-electron chi connectivity index (χ1n) is 8.08. The van der Waals surface area contributed by atoms with Crippen LogP contribution < -0.4 is 10.6 Å². The third-order valence-electron chi connectivity index (χ3n) is 3.85. The predicted octanol–water partition coefficient (Wildman–Crippen LogP) is 4.97. The largest absolute Gasteiger partial charge is 0.374 e. The fourth-order valence-electron chi connectivity index (χ4n) is 2.44. The average Bonchev–Trinajstić information content (AvgIpc) is 3.09. The van der Waals surface area contributed by atoms with E-state index in [-0.39, 0.29) is 0 Å². The summed E-state index contributed by atoms with van der Waals surface area (Å²) in [5, 5.41) is 8.14. The van der Waals surface area contributed by atoms with Crippen LogP contribution in [0.2, 0.25) is 0 Å². The molecule has 0 aliphatic carbocycles. The van der Waals surface area contributed by atoms with Gasteiger partial charge in [0, 0.05) is 16.6 Å². The highest BCUT2D eigenvalue weighted by Gasteiger charge is 2.18. The molecule has 3 aromatic rings. The Morgan fingerprint density at radius 1 is 1.15 bits per heavy atom. The molecule has 8 heteroatoms. The lowest BCUT2D eigenvalue weighted by atomic mass is 10.1. The van der Waals surface area contributed by atoms with Crippen molar-refractivity contribution in [3.63, 3.8) is 0 Å². The van der Waals surface area contributed by atoms with Crippen LogP contribution in [0.1, 0.15) is 11.9 Å². The number of nitrogens with zero attached hydrogens (tertiary/aromatic N) is 1. The summed E-state index contributed by atoms with van der Waals surface area (Å²) in [5.74, 6) is -4.96. The number of amides is 1. The molecule has 1 aromatic heterocycles. The van der Waals surface area contributed by atoms with E-state index in [1.807, 2.05) is 30.5 Å². The molecule has 1 amide bonds. The van der Waals surface area contributed by atoms with Gasteiger partial charge in [0.2, 0.25) is 5.91 Å². The van der Waals surface area contributed by atoms with Crippen molar-refractivity contribution in [2.45, 2.75) is 19.9 Å². The summed E-state index contributed by atoms with van der Waals surface area (Å²) in [6, 6.07) is 8.34. The molecule has 0 spiro atoms. The molecule has 27 heavy (non-hydrogen) atoms. The van der Waals surface area contributed by atoms with Crippen molar-refractivity contribution in [1.82, 2.24) is 4.98 Å². The van der Waals surface area contributed by atoms with E-state index in [9.17, 15) is 18.0 Å². The summed E-state index contributed by atoms with van der Waals surface area (Å²) in [6.45, 7) is 3.49. The Bertz CT molecular complexity index is 990. The van der Waals surface area contributed by atoms with E-state index in [0.29, 0.717) is 5.69 Å². The second-order valence-electron chi connectivity index (χ2n) is 5.91. The van der Waals surface area contributed by atoms with Crippen molar-refractivity contribution in [2.75, 3.05) is 10.6 Å². The van der Waals surface area contributed by atoms with E-state index < -0.39 is 35.1 Å². The molecule has 0 bridgehead atoms. The van der Waals surface area contributed by atoms with Crippen molar-refractivity contribution in [3.05, 3.63) is 64.2 Å². The van der Waals surface area contributed by atoms with Gasteiger partial charge in [0.1, 0.15) is 6.04 Å². The number of hydrogen-bond donors (Lipinski definition) is 2. The minimum Gasteiger partial charge on any atom is -0.374 e. The summed E-state index contributed by atoms with van der Waals surface area (Å²) in [6.07, 6.45) is 0. The standard InChI is InChI=1S/C19H16F3N3OS/c1-10(19(26)25-15-7-6-14(20)17(21)18(15)22)23-13-5-3-4-12(8-13)16-9-27-11(2)24-16/h3-10,23H,1-2H3,(H,25,26)/t10-/m0/s1. The van der Waals surface area contributed by atoms with Gasteiger partial charge in [-0.3, -0.25) is 4.79 Å². The molecule has 0 radical (unpaired) electrons. The highest BCUT2D eigenvalue weighted by molar-refractivity contribution is 7.09. The molecule has 4 nitrogen and oxygen atoms in total. The molecule has 140 valence electrons. The van der Waals surface area contributed by atoms with Crippen LogP contribution >= 0.6 is 11.3 Å². The number of benzene rings is 2. The SMILES string of the molecule is Cc1nc(-c2cccc(N[C@@H](C)C(=O)Nc3ccc(F)c(F)c3F)c2)cs1. The van der Waals surface area contributed by atoms with Gasteiger partial charge >= 0.3 is 0 Å². The van der Waals surface area contributed by atoms with Gasteiger partial charge in [0.15, 0.2) is 17.5 Å². The highest BCUT2D eigenvalue weighted by Crippen LogP contribution is 2.25. The fourth-order valence-corrected chi connectivity index (χ4v) is 3.07. The Hall–Kier alpha value is -2.87. The van der Waals surface area contributed by atoms with E-state index in [2.05, 4.69) is 15.6 Å². The molecular weight excluding hydrogens is 375 g/mol. The highest BCUT2D eigenvalue weighted by atomic mass is 32.1. The van der Waals surface area contributed by atoms with Crippen molar-refractivity contribution in [3.8, 4) is 11.3 Å². The molecule has 0 saturated heterocycles. The maximum Gasteiger partial charge on any atom is 0.246 e. The van der Waals surface area contributed by atoms with Crippen LogP contribution in [0, 0.1) is 24.4 Å². The van der Waals surface area contributed by atoms with Crippen molar-refractivity contribution in [2.24, 2.45) is 0 Å². The number of anilines is 2. The molecule has 2 N–H and O–H groups in total. The van der Waals surface area contributed by atoms with E-state index >= 15 is 0 Å². The van der Waals surface area contributed by atoms with Crippen LogP contribution in [0.3, 0.4) is 0 Å². The fraction of sp³-hybridized carbons (Fsp3) is 0.158. The van der Waals surface area contributed by atoms with E-state index in [1.165, 1.54) is 0 Å². The maximum atomic E-state index is 13.7. The summed E-state index contributed by atoms with van der Waals surface area (Å²) in [4.78, 5) is 16.7. The van der Waals surface area contributed by atoms with Crippen LogP contribution in [-0.2, 0) is 4.79 Å². The first-order valence-corrected chi connectivity index (χ1v) is 8.96. The molecule has 0 aliphatic rings. The second kappa shape index (κ2) is 7.79. The predicted molar refractivity (Wildman–Crippen MR) is 100 cm³/mol. The molecule has 1 atom stereocenters. The quantitative estimate of drug-likeness (QED) is 0.604. The molecule has 2 aromatic carbocycles. The van der Waals surface area contributed by atoms with Gasteiger partial charge in [-0.15, -0.1) is 11.3 Å². The van der Waals surface area contributed by atoms with Gasteiger partial charge in [-0.05, 0) is 38.1 Å². The van der Waals surface area contributed by atoms with Crippen molar-refractivity contribution in [1.29, 1.82) is 0 Å². The molecule has 3 rings (SSSR count). The third kappa shape index (κ3) is 4.28. The number of aryl methyl sites for hydroxylation is 1. The summed E-state index contributed by atoms with van der Waals surface area (Å²) >= 11 is 1.54. The van der Waals surface area contributed by atoms with Crippen molar-refractivity contribution < 1.29 is 18.0 Å². The maximum absolute atomic E-state index is 13.7. The Morgan fingerprint density at radius 3 is 2.63 bits per heavy atom. The topological polar surface area (TPSA) is 54.0 Å². The van der Waals surface area contributed by atoms with E-state index in [4.69, 9.17) is 0 Å². The minimum absolute atomic E-state index is 0.417. The lowest BCUT2D eigenvalue weighted by Gasteiger charge is -2.16. The van der Waals surface area contributed by atoms with E-state index in [1.54, 1.807) is 24.3 Å². The number of rotatable bonds is 5. The molecule has 0 unspecified atom stereocenters. The molecule has 0 saturated carbocycles. The van der Waals surface area contributed by atoms with Gasteiger partial charge in [-0.1, -0.05) is 12.1 Å². The molecule has 1 heterocycles. The van der Waals surface area contributed by atoms with Crippen LogP contribution in [0.4, 0.5) is 24.5 Å². The van der Waals surface area contributed by atoms with Crippen LogP contribution in [0.15, 0.2) is 41.8 Å². The zero-order chi connectivity index (χ0) is 19.6. The van der Waals surface area contributed by atoms with Gasteiger partial charge in [0.25, 0.3) is 0 Å². The van der Waals surface area contributed by atoms with Crippen LogP contribution in [0.25, 0.3) is 11.3 Å². The van der Waals surface area contributed by atoms with Crippen molar-refractivity contribution >= 4 is 28.6 Å².